The van der Waals surface area contributed by atoms with Crippen molar-refractivity contribution in [3.05, 3.63) is 0 Å². The summed E-state index contributed by atoms with van der Waals surface area (Å²) < 4.78 is 5.13. The SMILES string of the molecule is CC(C)(C)OC(=O)CCC(=O)NCC1CCC1. The Kier molecular flexibility index (Phi) is 4.97. The molecule has 1 N–H and O–H groups in total. The van der Waals surface area contributed by atoms with E-state index in [-0.39, 0.29) is 24.7 Å². The van der Waals surface area contributed by atoms with Crippen LogP contribution in [-0.4, -0.2) is 24.0 Å². The molecule has 1 amide bonds. The van der Waals surface area contributed by atoms with Gasteiger partial charge in [0, 0.05) is 13.0 Å². The van der Waals surface area contributed by atoms with Gasteiger partial charge in [-0.05, 0) is 39.5 Å². The van der Waals surface area contributed by atoms with E-state index < -0.39 is 5.60 Å². The predicted molar refractivity (Wildman–Crippen MR) is 65.4 cm³/mol. The van der Waals surface area contributed by atoms with Crippen molar-refractivity contribution in [3.63, 3.8) is 0 Å². The Morgan fingerprint density at radius 3 is 2.35 bits per heavy atom. The fourth-order valence-electron chi connectivity index (χ4n) is 1.65. The van der Waals surface area contributed by atoms with Gasteiger partial charge >= 0.3 is 5.97 Å². The number of amides is 1. The van der Waals surface area contributed by atoms with Crippen LogP contribution in [0.4, 0.5) is 0 Å². The van der Waals surface area contributed by atoms with Gasteiger partial charge in [0.15, 0.2) is 0 Å². The van der Waals surface area contributed by atoms with Crippen LogP contribution in [0.3, 0.4) is 0 Å². The number of hydrogen-bond acceptors (Lipinski definition) is 3. The lowest BCUT2D eigenvalue weighted by Crippen LogP contribution is -2.32. The van der Waals surface area contributed by atoms with Gasteiger partial charge in [0.2, 0.25) is 5.91 Å². The molecule has 4 nitrogen and oxygen atoms in total. The molecule has 0 bridgehead atoms. The molecule has 1 rings (SSSR count). The van der Waals surface area contributed by atoms with Crippen LogP contribution in [0.15, 0.2) is 0 Å². The van der Waals surface area contributed by atoms with Gasteiger partial charge in [-0.25, -0.2) is 0 Å². The summed E-state index contributed by atoms with van der Waals surface area (Å²) in [6, 6.07) is 0. The zero-order valence-electron chi connectivity index (χ0n) is 11.0. The smallest absolute Gasteiger partial charge is 0.306 e. The van der Waals surface area contributed by atoms with Crippen molar-refractivity contribution in [2.45, 2.75) is 58.5 Å². The highest BCUT2D eigenvalue weighted by Gasteiger charge is 2.19. The summed E-state index contributed by atoms with van der Waals surface area (Å²) in [6.07, 6.45) is 4.09. The highest BCUT2D eigenvalue weighted by Crippen LogP contribution is 2.25. The summed E-state index contributed by atoms with van der Waals surface area (Å²) in [5.74, 6) is 0.291. The van der Waals surface area contributed by atoms with Crippen molar-refractivity contribution in [1.82, 2.24) is 5.32 Å². The van der Waals surface area contributed by atoms with Crippen LogP contribution in [0, 0.1) is 5.92 Å². The van der Waals surface area contributed by atoms with Crippen LogP contribution < -0.4 is 5.32 Å². The predicted octanol–water partition coefficient (Wildman–Crippen LogP) is 2.02. The monoisotopic (exact) mass is 241 g/mol. The fourth-order valence-corrected chi connectivity index (χ4v) is 1.65. The zero-order chi connectivity index (χ0) is 12.9. The number of hydrogen-bond donors (Lipinski definition) is 1. The van der Waals surface area contributed by atoms with E-state index in [0.717, 1.165) is 6.54 Å². The maximum atomic E-state index is 11.4. The minimum absolute atomic E-state index is 0.0530. The maximum Gasteiger partial charge on any atom is 0.306 e. The topological polar surface area (TPSA) is 55.4 Å². The molecule has 0 radical (unpaired) electrons. The number of carbonyl (C=O) groups is 2. The number of ether oxygens (including phenoxy) is 1. The summed E-state index contributed by atoms with van der Waals surface area (Å²) in [7, 11) is 0. The van der Waals surface area contributed by atoms with Crippen LogP contribution in [-0.2, 0) is 14.3 Å². The Morgan fingerprint density at radius 1 is 1.24 bits per heavy atom. The van der Waals surface area contributed by atoms with Crippen LogP contribution in [0.25, 0.3) is 0 Å². The molecule has 0 spiro atoms. The zero-order valence-corrected chi connectivity index (χ0v) is 11.0. The Hall–Kier alpha value is -1.06. The molecule has 0 unspecified atom stereocenters. The highest BCUT2D eigenvalue weighted by molar-refractivity contribution is 5.81. The Labute approximate surface area is 103 Å². The van der Waals surface area contributed by atoms with E-state index in [2.05, 4.69) is 5.32 Å². The first-order valence-electron chi connectivity index (χ1n) is 6.35. The van der Waals surface area contributed by atoms with Crippen molar-refractivity contribution in [2.75, 3.05) is 6.54 Å². The highest BCUT2D eigenvalue weighted by atomic mass is 16.6. The van der Waals surface area contributed by atoms with E-state index in [9.17, 15) is 9.59 Å². The molecule has 1 saturated carbocycles. The Balaban J connectivity index is 2.08. The number of carbonyl (C=O) groups excluding carboxylic acids is 2. The molecular weight excluding hydrogens is 218 g/mol. The van der Waals surface area contributed by atoms with Crippen molar-refractivity contribution >= 4 is 11.9 Å². The number of nitrogens with one attached hydrogen (secondary N) is 1. The molecule has 0 aliphatic heterocycles. The first-order valence-corrected chi connectivity index (χ1v) is 6.35. The molecular formula is C13H23NO3. The van der Waals surface area contributed by atoms with E-state index in [1.165, 1.54) is 19.3 Å². The molecule has 0 saturated heterocycles. The lowest BCUT2D eigenvalue weighted by molar-refractivity contribution is -0.155. The molecule has 1 aliphatic rings. The summed E-state index contributed by atoms with van der Waals surface area (Å²) in [5, 5.41) is 2.86. The number of esters is 1. The average molecular weight is 241 g/mol. The number of rotatable bonds is 5. The molecule has 0 aromatic rings. The standard InChI is InChI=1S/C13H23NO3/c1-13(2,3)17-12(16)8-7-11(15)14-9-10-5-4-6-10/h10H,4-9H2,1-3H3,(H,14,15). The van der Waals surface area contributed by atoms with Crippen molar-refractivity contribution in [2.24, 2.45) is 5.92 Å². The molecule has 17 heavy (non-hydrogen) atoms. The first kappa shape index (κ1) is 14.0. The molecule has 1 aliphatic carbocycles. The minimum Gasteiger partial charge on any atom is -0.460 e. The van der Waals surface area contributed by atoms with E-state index >= 15 is 0 Å². The molecule has 4 heteroatoms. The molecule has 1 fully saturated rings. The van der Waals surface area contributed by atoms with Crippen molar-refractivity contribution in [1.29, 1.82) is 0 Å². The van der Waals surface area contributed by atoms with Gasteiger partial charge in [0.05, 0.1) is 6.42 Å². The summed E-state index contributed by atoms with van der Waals surface area (Å²) in [5.41, 5.74) is -0.473. The molecule has 0 aromatic carbocycles. The van der Waals surface area contributed by atoms with E-state index in [4.69, 9.17) is 4.74 Å². The second-order valence-corrected chi connectivity index (χ2v) is 5.69. The van der Waals surface area contributed by atoms with Crippen molar-refractivity contribution in [3.8, 4) is 0 Å². The maximum absolute atomic E-state index is 11.4. The third-order valence-corrected chi connectivity index (χ3v) is 2.79. The normalized spacial score (nSPS) is 16.2. The Morgan fingerprint density at radius 2 is 1.88 bits per heavy atom. The van der Waals surface area contributed by atoms with Gasteiger partial charge in [-0.2, -0.15) is 0 Å². The molecule has 98 valence electrons. The third-order valence-electron chi connectivity index (χ3n) is 2.79. The van der Waals surface area contributed by atoms with Gasteiger partial charge < -0.3 is 10.1 Å². The second kappa shape index (κ2) is 6.03. The van der Waals surface area contributed by atoms with Crippen molar-refractivity contribution < 1.29 is 14.3 Å². The first-order chi connectivity index (χ1) is 7.87. The quantitative estimate of drug-likeness (QED) is 0.749. The third kappa shape index (κ3) is 6.29. The van der Waals surface area contributed by atoms with E-state index in [1.54, 1.807) is 0 Å². The second-order valence-electron chi connectivity index (χ2n) is 5.69. The van der Waals surface area contributed by atoms with Gasteiger partial charge in [0.25, 0.3) is 0 Å². The fraction of sp³-hybridized carbons (Fsp3) is 0.846. The lowest BCUT2D eigenvalue weighted by Gasteiger charge is -2.25. The Bertz CT molecular complexity index is 277. The summed E-state index contributed by atoms with van der Waals surface area (Å²) in [4.78, 5) is 22.8. The summed E-state index contributed by atoms with van der Waals surface area (Å²) >= 11 is 0. The van der Waals surface area contributed by atoms with E-state index in [0.29, 0.717) is 5.92 Å². The average Bonchev–Trinajstić information content (AvgIpc) is 2.09. The van der Waals surface area contributed by atoms with Crippen LogP contribution in [0.1, 0.15) is 52.9 Å². The molecule has 0 heterocycles. The molecule has 0 atom stereocenters. The van der Waals surface area contributed by atoms with Gasteiger partial charge in [-0.3, -0.25) is 9.59 Å². The van der Waals surface area contributed by atoms with Crippen LogP contribution in [0.5, 0.6) is 0 Å². The van der Waals surface area contributed by atoms with Gasteiger partial charge in [-0.15, -0.1) is 0 Å². The van der Waals surface area contributed by atoms with Crippen LogP contribution in [0.2, 0.25) is 0 Å². The van der Waals surface area contributed by atoms with Gasteiger partial charge in [-0.1, -0.05) is 6.42 Å². The van der Waals surface area contributed by atoms with E-state index in [1.807, 2.05) is 20.8 Å². The summed E-state index contributed by atoms with van der Waals surface area (Å²) in [6.45, 7) is 6.22. The lowest BCUT2D eigenvalue weighted by atomic mass is 9.85. The molecule has 0 aromatic heterocycles. The van der Waals surface area contributed by atoms with Gasteiger partial charge in [0.1, 0.15) is 5.60 Å². The van der Waals surface area contributed by atoms with Crippen LogP contribution >= 0.6 is 0 Å². The largest absolute Gasteiger partial charge is 0.460 e. The minimum atomic E-state index is -0.473.